The number of nitrogens with one attached hydrogen (secondary N) is 1. The Balaban J connectivity index is 1.20. The maximum Gasteiger partial charge on any atom is 0.417 e. The van der Waals surface area contributed by atoms with Crippen LogP contribution in [-0.2, 0) is 33.6 Å². The number of hydrogen-bond donors (Lipinski definition) is 1. The zero-order valence-electron chi connectivity index (χ0n) is 21.4. The molecule has 3 aliphatic heterocycles. The summed E-state index contributed by atoms with van der Waals surface area (Å²) < 4.78 is 45.0. The van der Waals surface area contributed by atoms with Crippen LogP contribution in [0.2, 0.25) is 5.02 Å². The molecule has 1 aliphatic carbocycles. The SMILES string of the molecule is CN1CCN(C(=O)OCN2C(=O)N[C@](CCC(=O)N3Cc4cc(Cl)c(C(F)(F)F)cc4C3)(C3CC3)C2=O)CC1. The summed E-state index contributed by atoms with van der Waals surface area (Å²) in [4.78, 5) is 57.5. The van der Waals surface area contributed by atoms with Gasteiger partial charge in [0, 0.05) is 45.7 Å². The first-order chi connectivity index (χ1) is 18.4. The molecule has 0 spiro atoms. The van der Waals surface area contributed by atoms with Gasteiger partial charge in [-0.1, -0.05) is 11.6 Å². The van der Waals surface area contributed by atoms with Crippen LogP contribution >= 0.6 is 11.6 Å². The highest BCUT2D eigenvalue weighted by Crippen LogP contribution is 2.46. The number of likely N-dealkylation sites (N-methyl/N-ethyl adjacent to an activating group) is 1. The molecule has 5 rings (SSSR count). The van der Waals surface area contributed by atoms with Gasteiger partial charge >= 0.3 is 18.3 Å². The Morgan fingerprint density at radius 1 is 1.08 bits per heavy atom. The molecule has 0 bridgehead atoms. The Morgan fingerprint density at radius 2 is 1.72 bits per heavy atom. The molecule has 4 aliphatic rings. The average molecular weight is 572 g/mol. The molecule has 10 nitrogen and oxygen atoms in total. The summed E-state index contributed by atoms with van der Waals surface area (Å²) in [5.41, 5.74) is -1.32. The van der Waals surface area contributed by atoms with Crippen LogP contribution in [0.1, 0.15) is 42.4 Å². The van der Waals surface area contributed by atoms with Crippen molar-refractivity contribution in [2.75, 3.05) is 40.0 Å². The number of hydrogen-bond acceptors (Lipinski definition) is 6. The van der Waals surface area contributed by atoms with E-state index in [0.717, 1.165) is 11.0 Å². The third-order valence-electron chi connectivity index (χ3n) is 7.96. The fraction of sp³-hybridized carbons (Fsp3) is 0.600. The minimum atomic E-state index is -4.61. The Hall–Kier alpha value is -3.06. The lowest BCUT2D eigenvalue weighted by atomic mass is 9.87. The number of fused-ring (bicyclic) bond motifs is 1. The van der Waals surface area contributed by atoms with Gasteiger partial charge in [0.1, 0.15) is 5.54 Å². The minimum Gasteiger partial charge on any atom is -0.427 e. The summed E-state index contributed by atoms with van der Waals surface area (Å²) in [6, 6.07) is 1.52. The van der Waals surface area contributed by atoms with Crippen LogP contribution in [0.4, 0.5) is 22.8 Å². The molecular weight excluding hydrogens is 543 g/mol. The van der Waals surface area contributed by atoms with Gasteiger partial charge in [0.15, 0.2) is 6.73 Å². The van der Waals surface area contributed by atoms with E-state index in [1.807, 2.05) is 7.05 Å². The van der Waals surface area contributed by atoms with Crippen molar-refractivity contribution < 1.29 is 37.1 Å². The van der Waals surface area contributed by atoms with E-state index < -0.39 is 47.1 Å². The standard InChI is InChI=1S/C25H29ClF3N5O5/c1-31-6-8-32(9-7-31)23(38)39-14-34-21(36)24(17-2-3-17,30-22(34)37)5-4-20(35)33-12-15-10-18(25(27,28)29)19(26)11-16(15)13-33/h10-11,17H,2-9,12-14H2,1H3,(H,30,37)/t24-/m1/s1. The van der Waals surface area contributed by atoms with Crippen LogP contribution in [0.15, 0.2) is 12.1 Å². The number of carbonyl (C=O) groups excluding carboxylic acids is 4. The van der Waals surface area contributed by atoms with Crippen LogP contribution < -0.4 is 5.32 Å². The molecule has 1 N–H and O–H groups in total. The first kappa shape index (κ1) is 27.5. The van der Waals surface area contributed by atoms with Gasteiger partial charge in [0.05, 0.1) is 10.6 Å². The van der Waals surface area contributed by atoms with E-state index >= 15 is 0 Å². The maximum atomic E-state index is 13.4. The minimum absolute atomic E-state index is 0.000479. The second kappa shape index (κ2) is 10.2. The summed E-state index contributed by atoms with van der Waals surface area (Å²) in [6.45, 7) is 1.92. The number of halogens is 4. The van der Waals surface area contributed by atoms with E-state index in [-0.39, 0.29) is 37.8 Å². The van der Waals surface area contributed by atoms with Crippen LogP contribution in [0.3, 0.4) is 0 Å². The number of urea groups is 1. The highest BCUT2D eigenvalue weighted by Gasteiger charge is 2.59. The number of imide groups is 1. The lowest BCUT2D eigenvalue weighted by Gasteiger charge is -2.32. The van der Waals surface area contributed by atoms with E-state index in [9.17, 15) is 32.3 Å². The third kappa shape index (κ3) is 5.38. The molecule has 1 atom stereocenters. The van der Waals surface area contributed by atoms with Crippen LogP contribution in [0.25, 0.3) is 0 Å². The molecule has 3 fully saturated rings. The molecule has 212 valence electrons. The van der Waals surface area contributed by atoms with Crippen molar-refractivity contribution in [1.29, 1.82) is 0 Å². The fourth-order valence-electron chi connectivity index (χ4n) is 5.47. The summed E-state index contributed by atoms with van der Waals surface area (Å²) in [6.07, 6.45) is -3.88. The van der Waals surface area contributed by atoms with Gasteiger partial charge < -0.3 is 24.8 Å². The first-order valence-corrected chi connectivity index (χ1v) is 13.2. The maximum absolute atomic E-state index is 13.4. The van der Waals surface area contributed by atoms with Crippen molar-refractivity contribution in [3.05, 3.63) is 33.8 Å². The van der Waals surface area contributed by atoms with Crippen molar-refractivity contribution in [2.24, 2.45) is 5.92 Å². The van der Waals surface area contributed by atoms with Crippen LogP contribution in [0, 0.1) is 5.92 Å². The Bertz CT molecular complexity index is 1200. The molecule has 1 saturated carbocycles. The Kier molecular flexibility index (Phi) is 7.17. The highest BCUT2D eigenvalue weighted by atomic mass is 35.5. The van der Waals surface area contributed by atoms with E-state index in [1.165, 1.54) is 15.9 Å². The number of rotatable bonds is 6. The lowest BCUT2D eigenvalue weighted by Crippen LogP contribution is -2.50. The average Bonchev–Trinajstić information content (AvgIpc) is 3.60. The van der Waals surface area contributed by atoms with Crippen LogP contribution in [-0.4, -0.2) is 89.0 Å². The molecule has 1 aromatic carbocycles. The third-order valence-corrected chi connectivity index (χ3v) is 8.27. The van der Waals surface area contributed by atoms with E-state index in [1.54, 1.807) is 0 Å². The molecular formula is C25H29ClF3N5O5. The quantitative estimate of drug-likeness (QED) is 0.527. The van der Waals surface area contributed by atoms with Crippen molar-refractivity contribution in [2.45, 2.75) is 50.5 Å². The molecule has 0 unspecified atom stereocenters. The van der Waals surface area contributed by atoms with Crippen molar-refractivity contribution in [3.8, 4) is 0 Å². The summed E-state index contributed by atoms with van der Waals surface area (Å²) in [5, 5.41) is 2.33. The van der Waals surface area contributed by atoms with Crippen molar-refractivity contribution >= 4 is 35.5 Å². The van der Waals surface area contributed by atoms with Crippen molar-refractivity contribution in [3.63, 3.8) is 0 Å². The van der Waals surface area contributed by atoms with Gasteiger partial charge in [-0.05, 0) is 55.5 Å². The fourth-order valence-corrected chi connectivity index (χ4v) is 5.76. The molecule has 3 heterocycles. The van der Waals surface area contributed by atoms with Gasteiger partial charge in [-0.3, -0.25) is 9.59 Å². The van der Waals surface area contributed by atoms with Gasteiger partial charge in [-0.15, -0.1) is 0 Å². The second-order valence-corrected chi connectivity index (χ2v) is 11.0. The smallest absolute Gasteiger partial charge is 0.417 e. The first-order valence-electron chi connectivity index (χ1n) is 12.8. The molecule has 0 radical (unpaired) electrons. The highest BCUT2D eigenvalue weighted by molar-refractivity contribution is 6.31. The zero-order valence-corrected chi connectivity index (χ0v) is 22.1. The Labute approximate surface area is 227 Å². The number of carbonyl (C=O) groups is 4. The number of benzene rings is 1. The monoisotopic (exact) mass is 571 g/mol. The predicted molar refractivity (Wildman–Crippen MR) is 131 cm³/mol. The second-order valence-electron chi connectivity index (χ2n) is 10.6. The van der Waals surface area contributed by atoms with E-state index in [0.29, 0.717) is 50.1 Å². The summed E-state index contributed by atoms with van der Waals surface area (Å²) in [7, 11) is 1.94. The van der Waals surface area contributed by atoms with E-state index in [4.69, 9.17) is 16.3 Å². The number of piperazine rings is 1. The Morgan fingerprint density at radius 3 is 2.33 bits per heavy atom. The van der Waals surface area contributed by atoms with Crippen molar-refractivity contribution in [1.82, 2.24) is 24.9 Å². The molecule has 5 amide bonds. The molecule has 0 aromatic heterocycles. The normalized spacial score (nSPS) is 23.8. The van der Waals surface area contributed by atoms with Gasteiger partial charge in [-0.2, -0.15) is 13.2 Å². The topological polar surface area (TPSA) is 102 Å². The number of amides is 5. The van der Waals surface area contributed by atoms with Gasteiger partial charge in [0.2, 0.25) is 5.91 Å². The molecule has 2 saturated heterocycles. The predicted octanol–water partition coefficient (Wildman–Crippen LogP) is 3.02. The lowest BCUT2D eigenvalue weighted by molar-refractivity contribution is -0.138. The molecule has 39 heavy (non-hydrogen) atoms. The molecule has 1 aromatic rings. The number of nitrogens with zero attached hydrogens (tertiary/aromatic N) is 4. The number of alkyl halides is 3. The summed E-state index contributed by atoms with van der Waals surface area (Å²) >= 11 is 5.82. The zero-order chi connectivity index (χ0) is 28.1. The van der Waals surface area contributed by atoms with Gasteiger partial charge in [-0.25, -0.2) is 14.5 Å². The largest absolute Gasteiger partial charge is 0.427 e. The van der Waals surface area contributed by atoms with Crippen LogP contribution in [0.5, 0.6) is 0 Å². The van der Waals surface area contributed by atoms with Gasteiger partial charge in [0.25, 0.3) is 5.91 Å². The summed E-state index contributed by atoms with van der Waals surface area (Å²) in [5.74, 6) is -1.04. The molecule has 14 heteroatoms. The van der Waals surface area contributed by atoms with E-state index in [2.05, 4.69) is 10.2 Å². The number of ether oxygens (including phenoxy) is 1.